The smallest absolute Gasteiger partial charge is 0.256 e. The molecule has 3 rings (SSSR count). The molecule has 2 atom stereocenters. The molecular weight excluding hydrogens is 212 g/mol. The highest BCUT2D eigenvalue weighted by atomic mass is 16.2. The third-order valence-corrected chi connectivity index (χ3v) is 4.06. The van der Waals surface area contributed by atoms with E-state index in [-0.39, 0.29) is 5.91 Å². The molecule has 90 valence electrons. The van der Waals surface area contributed by atoms with Crippen LogP contribution in [0.5, 0.6) is 0 Å². The van der Waals surface area contributed by atoms with Crippen LogP contribution in [0.3, 0.4) is 0 Å². The molecule has 0 aliphatic carbocycles. The molecule has 3 nitrogen and oxygen atoms in total. The molecule has 1 saturated heterocycles. The minimum Gasteiger partial charge on any atom is -0.384 e. The number of nitrogens with zero attached hydrogens (tertiary/aromatic N) is 1. The number of nitrogens with one attached hydrogen (secondary N) is 1. The van der Waals surface area contributed by atoms with Crippen molar-refractivity contribution in [2.24, 2.45) is 5.92 Å². The fourth-order valence-corrected chi connectivity index (χ4v) is 3.03. The predicted octanol–water partition coefficient (Wildman–Crippen LogP) is 2.35. The molecule has 0 saturated carbocycles. The van der Waals surface area contributed by atoms with E-state index in [4.69, 9.17) is 0 Å². The Hall–Kier alpha value is -1.51. The summed E-state index contributed by atoms with van der Waals surface area (Å²) in [5.74, 6) is 0.827. The van der Waals surface area contributed by atoms with Gasteiger partial charge in [0, 0.05) is 24.8 Å². The van der Waals surface area contributed by atoms with Crippen LogP contribution in [0.1, 0.15) is 30.1 Å². The van der Waals surface area contributed by atoms with Gasteiger partial charge in [0.25, 0.3) is 5.91 Å². The monoisotopic (exact) mass is 230 g/mol. The SMILES string of the molecule is CC1CCN2C(=O)c3ccccc3NCC[C@H]12. The third-order valence-electron chi connectivity index (χ3n) is 4.06. The number of amides is 1. The van der Waals surface area contributed by atoms with Crippen molar-refractivity contribution in [3.8, 4) is 0 Å². The van der Waals surface area contributed by atoms with E-state index >= 15 is 0 Å². The quantitative estimate of drug-likeness (QED) is 0.742. The normalized spacial score (nSPS) is 27.8. The van der Waals surface area contributed by atoms with Crippen molar-refractivity contribution in [2.45, 2.75) is 25.8 Å². The average Bonchev–Trinajstić information content (AvgIpc) is 2.69. The molecule has 0 spiro atoms. The molecule has 0 aromatic heterocycles. The molecule has 17 heavy (non-hydrogen) atoms. The summed E-state index contributed by atoms with van der Waals surface area (Å²) in [6, 6.07) is 8.26. The second-order valence-corrected chi connectivity index (χ2v) is 5.09. The number of benzene rings is 1. The van der Waals surface area contributed by atoms with E-state index in [1.54, 1.807) is 0 Å². The maximum absolute atomic E-state index is 12.5. The van der Waals surface area contributed by atoms with Crippen LogP contribution in [0.2, 0.25) is 0 Å². The third kappa shape index (κ3) is 1.70. The Bertz CT molecular complexity index is 444. The molecule has 2 aliphatic heterocycles. The van der Waals surface area contributed by atoms with E-state index in [0.29, 0.717) is 12.0 Å². The molecule has 1 aromatic rings. The lowest BCUT2D eigenvalue weighted by Gasteiger charge is -2.30. The van der Waals surface area contributed by atoms with Crippen LogP contribution in [-0.4, -0.2) is 29.9 Å². The summed E-state index contributed by atoms with van der Waals surface area (Å²) in [6.45, 7) is 4.13. The van der Waals surface area contributed by atoms with Gasteiger partial charge in [-0.1, -0.05) is 19.1 Å². The summed E-state index contributed by atoms with van der Waals surface area (Å²) < 4.78 is 0. The van der Waals surface area contributed by atoms with Crippen molar-refractivity contribution in [3.63, 3.8) is 0 Å². The van der Waals surface area contributed by atoms with Gasteiger partial charge in [-0.3, -0.25) is 4.79 Å². The van der Waals surface area contributed by atoms with Gasteiger partial charge < -0.3 is 10.2 Å². The van der Waals surface area contributed by atoms with Gasteiger partial charge in [-0.05, 0) is 30.9 Å². The van der Waals surface area contributed by atoms with Gasteiger partial charge in [0.05, 0.1) is 5.56 Å². The van der Waals surface area contributed by atoms with E-state index in [0.717, 1.165) is 37.2 Å². The minimum absolute atomic E-state index is 0.196. The molecular formula is C14H18N2O. The van der Waals surface area contributed by atoms with Crippen LogP contribution >= 0.6 is 0 Å². The van der Waals surface area contributed by atoms with Crippen LogP contribution in [0.25, 0.3) is 0 Å². The first-order valence-corrected chi connectivity index (χ1v) is 6.41. The van der Waals surface area contributed by atoms with Gasteiger partial charge in [-0.2, -0.15) is 0 Å². The van der Waals surface area contributed by atoms with Gasteiger partial charge in [-0.15, -0.1) is 0 Å². The molecule has 1 N–H and O–H groups in total. The molecule has 0 radical (unpaired) electrons. The Labute approximate surface area is 102 Å². The Kier molecular flexibility index (Phi) is 2.54. The first kappa shape index (κ1) is 10.6. The lowest BCUT2D eigenvalue weighted by atomic mass is 9.98. The lowest BCUT2D eigenvalue weighted by Crippen LogP contribution is -2.40. The van der Waals surface area contributed by atoms with Crippen molar-refractivity contribution in [1.82, 2.24) is 4.90 Å². The van der Waals surface area contributed by atoms with Crippen LogP contribution < -0.4 is 5.32 Å². The fourth-order valence-electron chi connectivity index (χ4n) is 3.03. The molecule has 0 bridgehead atoms. The molecule has 2 aliphatic rings. The Morgan fingerprint density at radius 2 is 2.12 bits per heavy atom. The lowest BCUT2D eigenvalue weighted by molar-refractivity contribution is 0.0714. The number of anilines is 1. The summed E-state index contributed by atoms with van der Waals surface area (Å²) in [6.07, 6.45) is 2.19. The minimum atomic E-state index is 0.196. The topological polar surface area (TPSA) is 32.3 Å². The fraction of sp³-hybridized carbons (Fsp3) is 0.500. The summed E-state index contributed by atoms with van der Waals surface area (Å²) in [7, 11) is 0. The highest BCUT2D eigenvalue weighted by Gasteiger charge is 2.36. The van der Waals surface area contributed by atoms with E-state index in [1.165, 1.54) is 0 Å². The Morgan fingerprint density at radius 1 is 1.29 bits per heavy atom. The first-order chi connectivity index (χ1) is 8.27. The van der Waals surface area contributed by atoms with Crippen LogP contribution in [-0.2, 0) is 0 Å². The van der Waals surface area contributed by atoms with Gasteiger partial charge in [0.15, 0.2) is 0 Å². The largest absolute Gasteiger partial charge is 0.384 e. The summed E-state index contributed by atoms with van der Waals surface area (Å²) in [4.78, 5) is 14.6. The zero-order valence-corrected chi connectivity index (χ0v) is 10.1. The number of rotatable bonds is 0. The number of hydrogen-bond donors (Lipinski definition) is 1. The summed E-state index contributed by atoms with van der Waals surface area (Å²) in [5.41, 5.74) is 1.81. The number of hydrogen-bond acceptors (Lipinski definition) is 2. The summed E-state index contributed by atoms with van der Waals surface area (Å²) in [5, 5.41) is 3.38. The number of fused-ring (bicyclic) bond motifs is 2. The van der Waals surface area contributed by atoms with Crippen molar-refractivity contribution in [2.75, 3.05) is 18.4 Å². The van der Waals surface area contributed by atoms with E-state index < -0.39 is 0 Å². The highest BCUT2D eigenvalue weighted by Crippen LogP contribution is 2.31. The van der Waals surface area contributed by atoms with E-state index in [1.807, 2.05) is 24.3 Å². The maximum Gasteiger partial charge on any atom is 0.256 e. The summed E-state index contributed by atoms with van der Waals surface area (Å²) >= 11 is 0. The van der Waals surface area contributed by atoms with Gasteiger partial charge >= 0.3 is 0 Å². The first-order valence-electron chi connectivity index (χ1n) is 6.41. The van der Waals surface area contributed by atoms with E-state index in [2.05, 4.69) is 17.1 Å². The Balaban J connectivity index is 2.00. The van der Waals surface area contributed by atoms with Gasteiger partial charge in [-0.25, -0.2) is 0 Å². The second kappa shape index (κ2) is 4.06. The van der Waals surface area contributed by atoms with Gasteiger partial charge in [0.2, 0.25) is 0 Å². The molecule has 1 amide bonds. The van der Waals surface area contributed by atoms with Crippen LogP contribution in [0.4, 0.5) is 5.69 Å². The van der Waals surface area contributed by atoms with Crippen molar-refractivity contribution >= 4 is 11.6 Å². The average molecular weight is 230 g/mol. The van der Waals surface area contributed by atoms with Crippen molar-refractivity contribution in [3.05, 3.63) is 29.8 Å². The van der Waals surface area contributed by atoms with Crippen molar-refractivity contribution in [1.29, 1.82) is 0 Å². The molecule has 1 unspecified atom stereocenters. The second-order valence-electron chi connectivity index (χ2n) is 5.09. The highest BCUT2D eigenvalue weighted by molar-refractivity contribution is 6.00. The van der Waals surface area contributed by atoms with E-state index in [9.17, 15) is 4.79 Å². The Morgan fingerprint density at radius 3 is 3.00 bits per heavy atom. The maximum atomic E-state index is 12.5. The predicted molar refractivity (Wildman–Crippen MR) is 68.2 cm³/mol. The molecule has 1 fully saturated rings. The standard InChI is InChI=1S/C14H18N2O/c1-10-7-9-16-13(10)6-8-15-12-5-3-2-4-11(12)14(16)17/h2-5,10,13,15H,6-9H2,1H3/t10?,13-/m1/s1. The van der Waals surface area contributed by atoms with Gasteiger partial charge in [0.1, 0.15) is 0 Å². The molecule has 3 heteroatoms. The van der Waals surface area contributed by atoms with Crippen LogP contribution in [0.15, 0.2) is 24.3 Å². The zero-order chi connectivity index (χ0) is 11.8. The number of carbonyl (C=O) groups excluding carboxylic acids is 1. The zero-order valence-electron chi connectivity index (χ0n) is 10.1. The number of para-hydroxylation sites is 1. The molecule has 1 aromatic carbocycles. The molecule has 2 heterocycles. The van der Waals surface area contributed by atoms with Crippen molar-refractivity contribution < 1.29 is 4.79 Å². The number of carbonyl (C=O) groups is 1. The van der Waals surface area contributed by atoms with Crippen LogP contribution in [0, 0.1) is 5.92 Å².